The fourth-order valence-corrected chi connectivity index (χ4v) is 3.26. The second-order valence-corrected chi connectivity index (χ2v) is 6.51. The topological polar surface area (TPSA) is 43.4 Å². The van der Waals surface area contributed by atoms with E-state index in [9.17, 15) is 30.4 Å². The molecule has 0 aromatic heterocycles. The van der Waals surface area contributed by atoms with E-state index in [0.717, 1.165) is 6.92 Å². The third kappa shape index (κ3) is 3.73. The highest BCUT2D eigenvalue weighted by Crippen LogP contribution is 2.30. The third-order valence-corrected chi connectivity index (χ3v) is 4.40. The van der Waals surface area contributed by atoms with E-state index in [-0.39, 0.29) is 0 Å². The van der Waals surface area contributed by atoms with Gasteiger partial charge in [0, 0.05) is 0 Å². The zero-order chi connectivity index (χ0) is 18.1. The van der Waals surface area contributed by atoms with Gasteiger partial charge in [-0.15, -0.1) is 0 Å². The van der Waals surface area contributed by atoms with E-state index in [1.807, 2.05) is 0 Å². The van der Waals surface area contributed by atoms with Crippen molar-refractivity contribution in [2.24, 2.45) is 0 Å². The van der Waals surface area contributed by atoms with Gasteiger partial charge in [0.05, 0.1) is 5.56 Å². The molecule has 0 fully saturated rings. The van der Waals surface area contributed by atoms with Gasteiger partial charge in [-0.1, -0.05) is 30.3 Å². The molecule has 3 nitrogen and oxygen atoms in total. The molecule has 2 aromatic rings. The minimum Gasteiger partial charge on any atom is -0.262 e. The van der Waals surface area contributed by atoms with Gasteiger partial charge < -0.3 is 0 Å². The van der Waals surface area contributed by atoms with Crippen molar-refractivity contribution in [2.45, 2.75) is 18.8 Å². The van der Waals surface area contributed by atoms with E-state index in [4.69, 9.17) is 0 Å². The molecule has 0 saturated heterocycles. The molecule has 2 rings (SSSR count). The standard InChI is InChI=1S/C15H11F5O3S/c1-8(10-11(16)13(18)15(20)14(19)12(10)17)23-24(21,22)7-9-5-3-2-4-6-9/h2-6,8H,7H2,1H3. The third-order valence-electron chi connectivity index (χ3n) is 3.13. The maximum atomic E-state index is 13.7. The van der Waals surface area contributed by atoms with Crippen molar-refractivity contribution < 1.29 is 34.6 Å². The zero-order valence-corrected chi connectivity index (χ0v) is 13.0. The summed E-state index contributed by atoms with van der Waals surface area (Å²) < 4.78 is 95.1. The van der Waals surface area contributed by atoms with Crippen molar-refractivity contribution in [1.29, 1.82) is 0 Å². The first-order valence-electron chi connectivity index (χ1n) is 6.60. The molecule has 0 radical (unpaired) electrons. The van der Waals surface area contributed by atoms with Crippen LogP contribution in [0.3, 0.4) is 0 Å². The normalized spacial score (nSPS) is 13.1. The molecular weight excluding hydrogens is 355 g/mol. The van der Waals surface area contributed by atoms with E-state index in [0.29, 0.717) is 5.56 Å². The van der Waals surface area contributed by atoms with Gasteiger partial charge in [-0.25, -0.2) is 22.0 Å². The Morgan fingerprint density at radius 2 is 1.33 bits per heavy atom. The molecule has 2 aromatic carbocycles. The fraction of sp³-hybridized carbons (Fsp3) is 0.200. The Balaban J connectivity index is 2.32. The maximum absolute atomic E-state index is 13.7. The van der Waals surface area contributed by atoms with Crippen LogP contribution >= 0.6 is 0 Å². The Hall–Kier alpha value is -2.00. The predicted octanol–water partition coefficient (Wildman–Crippen LogP) is 3.99. The summed E-state index contributed by atoms with van der Waals surface area (Å²) in [7, 11) is -4.32. The Morgan fingerprint density at radius 3 is 1.83 bits per heavy atom. The van der Waals surface area contributed by atoms with Crippen LogP contribution in [-0.2, 0) is 20.1 Å². The molecule has 24 heavy (non-hydrogen) atoms. The predicted molar refractivity (Wildman–Crippen MR) is 74.8 cm³/mol. The lowest BCUT2D eigenvalue weighted by Crippen LogP contribution is -2.16. The highest BCUT2D eigenvalue weighted by Gasteiger charge is 2.31. The molecule has 0 aliphatic rings. The van der Waals surface area contributed by atoms with Gasteiger partial charge in [0.15, 0.2) is 23.3 Å². The SMILES string of the molecule is CC(OS(=O)(=O)Cc1ccccc1)c1c(F)c(F)c(F)c(F)c1F. The van der Waals surface area contributed by atoms with E-state index < -0.39 is 56.6 Å². The smallest absolute Gasteiger partial charge is 0.262 e. The average molecular weight is 366 g/mol. The van der Waals surface area contributed by atoms with Gasteiger partial charge in [-0.3, -0.25) is 4.18 Å². The number of halogens is 5. The molecule has 0 aliphatic heterocycles. The highest BCUT2D eigenvalue weighted by molar-refractivity contribution is 7.85. The van der Waals surface area contributed by atoms with E-state index in [1.54, 1.807) is 18.2 Å². The summed E-state index contributed by atoms with van der Waals surface area (Å²) in [5.74, 6) is -11.5. The molecule has 0 spiro atoms. The first-order chi connectivity index (χ1) is 11.1. The van der Waals surface area contributed by atoms with Gasteiger partial charge in [-0.2, -0.15) is 8.42 Å². The molecule has 1 unspecified atom stereocenters. The summed E-state index contributed by atoms with van der Waals surface area (Å²) in [6, 6.07) is 7.74. The molecule has 0 heterocycles. The van der Waals surface area contributed by atoms with Crippen molar-refractivity contribution in [3.05, 3.63) is 70.5 Å². The van der Waals surface area contributed by atoms with Crippen LogP contribution in [0, 0.1) is 29.1 Å². The molecule has 130 valence electrons. The Morgan fingerprint density at radius 1 is 0.875 bits per heavy atom. The minimum atomic E-state index is -4.32. The Kier molecular flexibility index (Phi) is 5.24. The first-order valence-corrected chi connectivity index (χ1v) is 8.18. The first kappa shape index (κ1) is 18.3. The monoisotopic (exact) mass is 366 g/mol. The van der Waals surface area contributed by atoms with E-state index in [2.05, 4.69) is 4.18 Å². The minimum absolute atomic E-state index is 0.335. The molecule has 9 heteroatoms. The molecule has 0 amide bonds. The van der Waals surface area contributed by atoms with E-state index >= 15 is 0 Å². The van der Waals surface area contributed by atoms with Crippen LogP contribution in [0.5, 0.6) is 0 Å². The van der Waals surface area contributed by atoms with Crippen molar-refractivity contribution in [3.8, 4) is 0 Å². The highest BCUT2D eigenvalue weighted by atomic mass is 32.2. The van der Waals surface area contributed by atoms with Crippen LogP contribution in [-0.4, -0.2) is 8.42 Å². The largest absolute Gasteiger partial charge is 0.272 e. The van der Waals surface area contributed by atoms with Crippen molar-refractivity contribution in [2.75, 3.05) is 0 Å². The van der Waals surface area contributed by atoms with Crippen molar-refractivity contribution in [1.82, 2.24) is 0 Å². The number of hydrogen-bond acceptors (Lipinski definition) is 3. The average Bonchev–Trinajstić information content (AvgIpc) is 2.51. The lowest BCUT2D eigenvalue weighted by Gasteiger charge is -2.16. The molecule has 0 saturated carbocycles. The van der Waals surface area contributed by atoms with Crippen LogP contribution in [0.4, 0.5) is 22.0 Å². The van der Waals surface area contributed by atoms with Gasteiger partial charge in [-0.05, 0) is 12.5 Å². The quantitative estimate of drug-likeness (QED) is 0.348. The van der Waals surface area contributed by atoms with E-state index in [1.165, 1.54) is 12.1 Å². The van der Waals surface area contributed by atoms with Crippen LogP contribution in [0.15, 0.2) is 30.3 Å². The fourth-order valence-electron chi connectivity index (χ4n) is 2.06. The van der Waals surface area contributed by atoms with Crippen LogP contribution in [0.25, 0.3) is 0 Å². The summed E-state index contributed by atoms with van der Waals surface area (Å²) >= 11 is 0. The zero-order valence-electron chi connectivity index (χ0n) is 12.2. The lowest BCUT2D eigenvalue weighted by molar-refractivity contribution is 0.215. The molecule has 0 N–H and O–H groups in total. The Labute approximate surface area is 134 Å². The number of hydrogen-bond donors (Lipinski definition) is 0. The summed E-state index contributed by atoms with van der Waals surface area (Å²) in [5, 5.41) is 0. The molecule has 0 aliphatic carbocycles. The Bertz CT molecular complexity index is 824. The van der Waals surface area contributed by atoms with Crippen LogP contribution in [0.2, 0.25) is 0 Å². The number of rotatable bonds is 5. The summed E-state index contributed by atoms with van der Waals surface area (Å²) in [4.78, 5) is 0. The second-order valence-electron chi connectivity index (χ2n) is 4.91. The van der Waals surface area contributed by atoms with Crippen LogP contribution in [0.1, 0.15) is 24.2 Å². The summed E-state index contributed by atoms with van der Waals surface area (Å²) in [5.41, 5.74) is -1.01. The summed E-state index contributed by atoms with van der Waals surface area (Å²) in [6.45, 7) is 0.876. The van der Waals surface area contributed by atoms with Crippen LogP contribution < -0.4 is 0 Å². The van der Waals surface area contributed by atoms with Crippen molar-refractivity contribution in [3.63, 3.8) is 0 Å². The second kappa shape index (κ2) is 6.86. The number of benzene rings is 2. The molecule has 1 atom stereocenters. The van der Waals surface area contributed by atoms with Gasteiger partial charge in [0.2, 0.25) is 5.82 Å². The maximum Gasteiger partial charge on any atom is 0.272 e. The molecule has 0 bridgehead atoms. The van der Waals surface area contributed by atoms with Gasteiger partial charge >= 0.3 is 0 Å². The van der Waals surface area contributed by atoms with Crippen molar-refractivity contribution >= 4 is 10.1 Å². The summed E-state index contributed by atoms with van der Waals surface area (Å²) in [6.07, 6.45) is -1.90. The molecular formula is C15H11F5O3S. The van der Waals surface area contributed by atoms with Gasteiger partial charge in [0.25, 0.3) is 10.1 Å². The lowest BCUT2D eigenvalue weighted by atomic mass is 10.1. The van der Waals surface area contributed by atoms with Gasteiger partial charge in [0.1, 0.15) is 11.9 Å².